The van der Waals surface area contributed by atoms with Gasteiger partial charge in [-0.25, -0.2) is 4.79 Å². The van der Waals surface area contributed by atoms with Gasteiger partial charge in [0.1, 0.15) is 4.88 Å². The smallest absolute Gasteiger partial charge is 0.346 e. The highest BCUT2D eigenvalue weighted by atomic mass is 35.5. The first-order valence-electron chi connectivity index (χ1n) is 5.28. The second kappa shape index (κ2) is 5.84. The molecule has 2 aromatic rings. The summed E-state index contributed by atoms with van der Waals surface area (Å²) in [5.74, 6) is -0.854. The molecule has 2 aromatic heterocycles. The highest BCUT2D eigenvalue weighted by molar-refractivity contribution is 7.16. The van der Waals surface area contributed by atoms with Crippen molar-refractivity contribution in [1.29, 1.82) is 0 Å². The lowest BCUT2D eigenvalue weighted by Crippen LogP contribution is -2.17. The van der Waals surface area contributed by atoms with Crippen molar-refractivity contribution < 1.29 is 9.90 Å². The number of thiophene rings is 2. The summed E-state index contributed by atoms with van der Waals surface area (Å²) in [5.41, 5.74) is 0.859. The Morgan fingerprint density at radius 1 is 1.39 bits per heavy atom. The monoisotopic (exact) mass is 301 g/mol. The molecular weight excluding hydrogens is 290 g/mol. The highest BCUT2D eigenvalue weighted by Crippen LogP contribution is 2.24. The van der Waals surface area contributed by atoms with E-state index in [4.69, 9.17) is 16.7 Å². The average molecular weight is 302 g/mol. The van der Waals surface area contributed by atoms with Gasteiger partial charge in [0.05, 0.1) is 4.34 Å². The van der Waals surface area contributed by atoms with Crippen LogP contribution in [-0.2, 0) is 13.1 Å². The van der Waals surface area contributed by atoms with E-state index in [1.165, 1.54) is 16.2 Å². The molecule has 3 nitrogen and oxygen atoms in total. The molecule has 0 radical (unpaired) electrons. The summed E-state index contributed by atoms with van der Waals surface area (Å²) in [6.07, 6.45) is 0. The Labute approximate surface area is 118 Å². The molecule has 1 N–H and O–H groups in total. The molecule has 2 rings (SSSR count). The van der Waals surface area contributed by atoms with Gasteiger partial charge in [-0.05, 0) is 36.2 Å². The van der Waals surface area contributed by atoms with Crippen molar-refractivity contribution in [2.24, 2.45) is 0 Å². The fourth-order valence-corrected chi connectivity index (χ4v) is 3.62. The van der Waals surface area contributed by atoms with Crippen LogP contribution in [0.2, 0.25) is 4.34 Å². The van der Waals surface area contributed by atoms with Crippen molar-refractivity contribution in [3.63, 3.8) is 0 Å². The highest BCUT2D eigenvalue weighted by Gasteiger charge is 2.13. The van der Waals surface area contributed by atoms with E-state index < -0.39 is 5.97 Å². The Balaban J connectivity index is 2.00. The SMILES string of the molecule is CN(Cc1ccc(Cl)s1)Cc1ccsc1C(=O)O. The minimum absolute atomic E-state index is 0.422. The van der Waals surface area contributed by atoms with Crippen molar-refractivity contribution >= 4 is 40.2 Å². The third kappa shape index (κ3) is 3.32. The number of carboxylic acids is 1. The molecule has 0 fully saturated rings. The Bertz CT molecular complexity index is 550. The largest absolute Gasteiger partial charge is 0.477 e. The summed E-state index contributed by atoms with van der Waals surface area (Å²) in [5, 5.41) is 10.9. The fourth-order valence-electron chi connectivity index (χ4n) is 1.70. The number of aromatic carboxylic acids is 1. The number of rotatable bonds is 5. The lowest BCUT2D eigenvalue weighted by Gasteiger charge is -2.15. The molecule has 0 aliphatic rings. The van der Waals surface area contributed by atoms with Gasteiger partial charge in [0.15, 0.2) is 0 Å². The van der Waals surface area contributed by atoms with Gasteiger partial charge >= 0.3 is 5.97 Å². The molecule has 0 unspecified atom stereocenters. The van der Waals surface area contributed by atoms with Gasteiger partial charge in [-0.1, -0.05) is 11.6 Å². The first-order chi connectivity index (χ1) is 8.56. The van der Waals surface area contributed by atoms with Crippen LogP contribution in [0.5, 0.6) is 0 Å². The van der Waals surface area contributed by atoms with Gasteiger partial charge in [-0.15, -0.1) is 22.7 Å². The molecule has 6 heteroatoms. The number of nitrogens with zero attached hydrogens (tertiary/aromatic N) is 1. The quantitative estimate of drug-likeness (QED) is 0.913. The predicted molar refractivity (Wildman–Crippen MR) is 75.8 cm³/mol. The molecule has 18 heavy (non-hydrogen) atoms. The molecule has 0 aliphatic heterocycles. The maximum atomic E-state index is 11.0. The zero-order valence-corrected chi connectivity index (χ0v) is 12.1. The second-order valence-electron chi connectivity index (χ2n) is 3.96. The zero-order chi connectivity index (χ0) is 13.1. The zero-order valence-electron chi connectivity index (χ0n) is 9.72. The van der Waals surface area contributed by atoms with Crippen molar-refractivity contribution in [2.75, 3.05) is 7.05 Å². The van der Waals surface area contributed by atoms with E-state index in [1.807, 2.05) is 30.6 Å². The summed E-state index contributed by atoms with van der Waals surface area (Å²) in [7, 11) is 1.97. The van der Waals surface area contributed by atoms with Crippen molar-refractivity contribution in [3.8, 4) is 0 Å². The number of halogens is 1. The standard InChI is InChI=1S/C12H12ClNO2S2/c1-14(7-9-2-3-10(13)18-9)6-8-4-5-17-11(8)12(15)16/h2-5H,6-7H2,1H3,(H,15,16). The van der Waals surface area contributed by atoms with Gasteiger partial charge in [0.2, 0.25) is 0 Å². The summed E-state index contributed by atoms with van der Waals surface area (Å²) in [6.45, 7) is 1.40. The van der Waals surface area contributed by atoms with E-state index in [9.17, 15) is 4.79 Å². The molecule has 0 spiro atoms. The number of carbonyl (C=O) groups is 1. The molecule has 96 valence electrons. The lowest BCUT2D eigenvalue weighted by atomic mass is 10.2. The maximum Gasteiger partial charge on any atom is 0.346 e. The minimum Gasteiger partial charge on any atom is -0.477 e. The molecule has 0 aromatic carbocycles. The summed E-state index contributed by atoms with van der Waals surface area (Å²) < 4.78 is 0.778. The van der Waals surface area contributed by atoms with Crippen LogP contribution in [0.4, 0.5) is 0 Å². The van der Waals surface area contributed by atoms with Crippen LogP contribution >= 0.6 is 34.3 Å². The van der Waals surface area contributed by atoms with Gasteiger partial charge in [0, 0.05) is 18.0 Å². The van der Waals surface area contributed by atoms with E-state index in [0.29, 0.717) is 11.4 Å². The van der Waals surface area contributed by atoms with E-state index in [1.54, 1.807) is 11.3 Å². The molecular formula is C12H12ClNO2S2. The van der Waals surface area contributed by atoms with Crippen LogP contribution < -0.4 is 0 Å². The van der Waals surface area contributed by atoms with E-state index in [0.717, 1.165) is 16.4 Å². The number of carboxylic acid groups (broad SMARTS) is 1. The summed E-state index contributed by atoms with van der Waals surface area (Å²) in [4.78, 5) is 14.7. The average Bonchev–Trinajstić information content (AvgIpc) is 2.87. The van der Waals surface area contributed by atoms with Gasteiger partial charge in [-0.2, -0.15) is 0 Å². The molecule has 0 atom stereocenters. The molecule has 0 saturated carbocycles. The Kier molecular flexibility index (Phi) is 4.40. The van der Waals surface area contributed by atoms with Gasteiger partial charge in [0.25, 0.3) is 0 Å². The van der Waals surface area contributed by atoms with Crippen molar-refractivity contribution in [2.45, 2.75) is 13.1 Å². The van der Waals surface area contributed by atoms with Gasteiger partial charge < -0.3 is 5.11 Å². The van der Waals surface area contributed by atoms with Crippen LogP contribution in [-0.4, -0.2) is 23.0 Å². The van der Waals surface area contributed by atoms with Crippen LogP contribution in [0.25, 0.3) is 0 Å². The van der Waals surface area contributed by atoms with Crippen LogP contribution in [0.1, 0.15) is 20.1 Å². The van der Waals surface area contributed by atoms with Crippen molar-refractivity contribution in [3.05, 3.63) is 43.2 Å². The molecule has 2 heterocycles. The molecule has 0 bridgehead atoms. The molecule has 0 amide bonds. The Hall–Kier alpha value is -0.880. The van der Waals surface area contributed by atoms with Crippen LogP contribution in [0.15, 0.2) is 23.6 Å². The fraction of sp³-hybridized carbons (Fsp3) is 0.250. The molecule has 0 saturated heterocycles. The summed E-state index contributed by atoms with van der Waals surface area (Å²) >= 11 is 8.69. The van der Waals surface area contributed by atoms with Crippen LogP contribution in [0, 0.1) is 0 Å². The maximum absolute atomic E-state index is 11.0. The lowest BCUT2D eigenvalue weighted by molar-refractivity contribution is 0.0700. The van der Waals surface area contributed by atoms with E-state index in [2.05, 4.69) is 4.90 Å². The molecule has 0 aliphatic carbocycles. The first kappa shape index (κ1) is 13.5. The Morgan fingerprint density at radius 2 is 2.17 bits per heavy atom. The summed E-state index contributed by atoms with van der Waals surface area (Å²) in [6, 6.07) is 5.74. The van der Waals surface area contributed by atoms with Gasteiger partial charge in [-0.3, -0.25) is 4.90 Å². The predicted octanol–water partition coefficient (Wildman–Crippen LogP) is 3.79. The topological polar surface area (TPSA) is 40.5 Å². The normalized spacial score (nSPS) is 11.1. The third-order valence-corrected chi connectivity index (χ3v) is 4.60. The first-order valence-corrected chi connectivity index (χ1v) is 7.36. The van der Waals surface area contributed by atoms with Crippen LogP contribution in [0.3, 0.4) is 0 Å². The van der Waals surface area contributed by atoms with Crippen molar-refractivity contribution in [1.82, 2.24) is 4.90 Å². The third-order valence-electron chi connectivity index (χ3n) is 2.44. The number of hydrogen-bond donors (Lipinski definition) is 1. The Morgan fingerprint density at radius 3 is 2.78 bits per heavy atom. The van der Waals surface area contributed by atoms with E-state index in [-0.39, 0.29) is 0 Å². The second-order valence-corrected chi connectivity index (χ2v) is 6.67. The minimum atomic E-state index is -0.854. The van der Waals surface area contributed by atoms with E-state index >= 15 is 0 Å². The number of hydrogen-bond acceptors (Lipinski definition) is 4.